The van der Waals surface area contributed by atoms with Crippen molar-refractivity contribution in [1.82, 2.24) is 4.98 Å². The van der Waals surface area contributed by atoms with E-state index in [4.69, 9.17) is 5.11 Å². The Balaban J connectivity index is 2.54. The predicted molar refractivity (Wildman–Crippen MR) is 55.6 cm³/mol. The van der Waals surface area contributed by atoms with E-state index < -0.39 is 5.88 Å². The number of nitrogens with zero attached hydrogens (tertiary/aromatic N) is 1. The average molecular weight is 225 g/mol. The van der Waals surface area contributed by atoms with Crippen molar-refractivity contribution in [2.24, 2.45) is 0 Å². The largest absolute Gasteiger partial charge is 0.496 e. The maximum Gasteiger partial charge on any atom is 0.267 e. The van der Waals surface area contributed by atoms with Gasteiger partial charge in [0.15, 0.2) is 0 Å². The topological polar surface area (TPSA) is 53.4 Å². The smallest absolute Gasteiger partial charge is 0.267 e. The second kappa shape index (κ2) is 3.51. The zero-order valence-electron chi connectivity index (χ0n) is 7.86. The van der Waals surface area contributed by atoms with Crippen molar-refractivity contribution < 1.29 is 14.6 Å². The number of hydrogen-bond acceptors (Lipinski definition) is 4. The van der Waals surface area contributed by atoms with E-state index in [-0.39, 0.29) is 10.9 Å². The van der Waals surface area contributed by atoms with Gasteiger partial charge in [0.05, 0.1) is 0 Å². The summed E-state index contributed by atoms with van der Waals surface area (Å²) in [5.74, 6) is -0.708. The van der Waals surface area contributed by atoms with Crippen LogP contribution in [0.2, 0.25) is 0 Å². The van der Waals surface area contributed by atoms with Gasteiger partial charge >= 0.3 is 0 Å². The highest BCUT2D eigenvalue weighted by atomic mass is 32.1. The van der Waals surface area contributed by atoms with Gasteiger partial charge in [0.25, 0.3) is 5.88 Å². The van der Waals surface area contributed by atoms with Crippen LogP contribution >= 0.6 is 11.3 Å². The maximum atomic E-state index is 12.8. The monoisotopic (exact) mass is 225 g/mol. The van der Waals surface area contributed by atoms with E-state index >= 15 is 0 Å². The Labute approximate surface area is 89.5 Å². The van der Waals surface area contributed by atoms with Gasteiger partial charge in [-0.3, -0.25) is 0 Å². The normalized spacial score (nSPS) is 10.5. The van der Waals surface area contributed by atoms with Gasteiger partial charge in [-0.2, -0.15) is 4.98 Å². The summed E-state index contributed by atoms with van der Waals surface area (Å²) in [5.41, 5.74) is 1.42. The van der Waals surface area contributed by atoms with Crippen molar-refractivity contribution in [3.63, 3.8) is 0 Å². The molecule has 78 valence electrons. The van der Waals surface area contributed by atoms with Crippen LogP contribution < -0.4 is 0 Å². The molecule has 0 radical (unpaired) electrons. The molecule has 0 aliphatic heterocycles. The summed E-state index contributed by atoms with van der Waals surface area (Å²) in [7, 11) is 0. The lowest BCUT2D eigenvalue weighted by atomic mass is 10.1. The van der Waals surface area contributed by atoms with Crippen LogP contribution in [0, 0.1) is 12.7 Å². The first-order valence-corrected chi connectivity index (χ1v) is 5.05. The molecule has 0 atom stereocenters. The minimum Gasteiger partial charge on any atom is -0.496 e. The second-order valence-electron chi connectivity index (χ2n) is 3.11. The number of aryl methyl sites for hydroxylation is 1. The summed E-state index contributed by atoms with van der Waals surface area (Å²) in [6.45, 7) is 1.74. The molecule has 2 rings (SSSR count). The first-order chi connectivity index (χ1) is 7.08. The van der Waals surface area contributed by atoms with Crippen molar-refractivity contribution >= 4 is 11.3 Å². The lowest BCUT2D eigenvalue weighted by Crippen LogP contribution is -1.83. The second-order valence-corrected chi connectivity index (χ2v) is 4.08. The number of aromatic hydroxyl groups is 2. The van der Waals surface area contributed by atoms with Crippen molar-refractivity contribution in [2.45, 2.75) is 6.92 Å². The highest BCUT2D eigenvalue weighted by molar-refractivity contribution is 7.17. The van der Waals surface area contributed by atoms with E-state index in [0.717, 1.165) is 11.3 Å². The molecule has 0 saturated carbocycles. The molecule has 0 saturated heterocycles. The molecule has 0 amide bonds. The Bertz CT molecular complexity index is 491. The van der Waals surface area contributed by atoms with Crippen LogP contribution in [0.15, 0.2) is 18.2 Å². The van der Waals surface area contributed by atoms with Crippen LogP contribution in [0.25, 0.3) is 10.6 Å². The van der Waals surface area contributed by atoms with Crippen molar-refractivity contribution in [3.05, 3.63) is 29.6 Å². The molecule has 0 aliphatic carbocycles. The number of rotatable bonds is 1. The predicted octanol–water partition coefficient (Wildman–Crippen LogP) is 2.67. The summed E-state index contributed by atoms with van der Waals surface area (Å²) in [4.78, 5) is 3.77. The highest BCUT2D eigenvalue weighted by Gasteiger charge is 2.12. The molecule has 0 fully saturated rings. The Hall–Kier alpha value is -1.62. The first kappa shape index (κ1) is 9.92. The summed E-state index contributed by atoms with van der Waals surface area (Å²) in [5, 5.41) is 18.5. The Morgan fingerprint density at radius 2 is 2.07 bits per heavy atom. The number of benzene rings is 1. The summed E-state index contributed by atoms with van der Waals surface area (Å²) in [6, 6.07) is 4.27. The zero-order valence-corrected chi connectivity index (χ0v) is 8.68. The van der Waals surface area contributed by atoms with E-state index in [2.05, 4.69) is 4.98 Å². The molecule has 0 unspecified atom stereocenters. The van der Waals surface area contributed by atoms with Gasteiger partial charge in [-0.1, -0.05) is 11.3 Å². The molecule has 5 heteroatoms. The van der Waals surface area contributed by atoms with Gasteiger partial charge in [0, 0.05) is 5.56 Å². The first-order valence-electron chi connectivity index (χ1n) is 4.23. The quantitative estimate of drug-likeness (QED) is 0.784. The zero-order chi connectivity index (χ0) is 11.0. The molecule has 0 aliphatic rings. The van der Waals surface area contributed by atoms with E-state index in [1.807, 2.05) is 0 Å². The van der Waals surface area contributed by atoms with Gasteiger partial charge in [0.2, 0.25) is 5.06 Å². The van der Waals surface area contributed by atoms with Crippen LogP contribution in [-0.4, -0.2) is 15.2 Å². The fraction of sp³-hybridized carbons (Fsp3) is 0.100. The van der Waals surface area contributed by atoms with E-state index in [1.165, 1.54) is 12.1 Å². The van der Waals surface area contributed by atoms with Gasteiger partial charge in [-0.05, 0) is 30.7 Å². The summed E-state index contributed by atoms with van der Waals surface area (Å²) < 4.78 is 12.8. The molecule has 3 nitrogen and oxygen atoms in total. The fourth-order valence-corrected chi connectivity index (χ4v) is 2.08. The summed E-state index contributed by atoms with van der Waals surface area (Å²) >= 11 is 0.959. The number of thiazole rings is 1. The molecule has 15 heavy (non-hydrogen) atoms. The molecule has 0 spiro atoms. The molecule has 2 N–H and O–H groups in total. The number of hydrogen-bond donors (Lipinski definition) is 2. The van der Waals surface area contributed by atoms with Gasteiger partial charge in [0.1, 0.15) is 10.8 Å². The number of aromatic nitrogens is 1. The maximum absolute atomic E-state index is 12.8. The molecule has 1 aromatic carbocycles. The van der Waals surface area contributed by atoms with Crippen molar-refractivity contribution in [1.29, 1.82) is 0 Å². The Morgan fingerprint density at radius 3 is 2.60 bits per heavy atom. The molecule has 2 aromatic rings. The third-order valence-electron chi connectivity index (χ3n) is 2.01. The molecule has 1 aromatic heterocycles. The highest BCUT2D eigenvalue weighted by Crippen LogP contribution is 2.37. The Kier molecular flexibility index (Phi) is 2.32. The van der Waals surface area contributed by atoms with E-state index in [9.17, 15) is 9.50 Å². The molecule has 0 bridgehead atoms. The Morgan fingerprint density at radius 1 is 1.33 bits per heavy atom. The average Bonchev–Trinajstić information content (AvgIpc) is 2.46. The minimum atomic E-state index is -0.390. The lowest BCUT2D eigenvalue weighted by Gasteiger charge is -2.00. The molecular formula is C10H8FNO2S. The minimum absolute atomic E-state index is 0.228. The van der Waals surface area contributed by atoms with Crippen LogP contribution in [0.3, 0.4) is 0 Å². The van der Waals surface area contributed by atoms with Crippen LogP contribution in [0.4, 0.5) is 4.39 Å². The fourth-order valence-electron chi connectivity index (χ4n) is 1.29. The van der Waals surface area contributed by atoms with Gasteiger partial charge in [-0.15, -0.1) is 0 Å². The van der Waals surface area contributed by atoms with Gasteiger partial charge < -0.3 is 10.2 Å². The summed E-state index contributed by atoms with van der Waals surface area (Å²) in [6.07, 6.45) is 0. The molecular weight excluding hydrogens is 217 g/mol. The third-order valence-corrected chi connectivity index (χ3v) is 2.89. The van der Waals surface area contributed by atoms with Crippen LogP contribution in [0.1, 0.15) is 5.56 Å². The third kappa shape index (κ3) is 1.78. The van der Waals surface area contributed by atoms with Gasteiger partial charge in [-0.25, -0.2) is 4.39 Å². The SMILES string of the molecule is Cc1cc(F)ccc1-c1nc(O)c(O)s1. The van der Waals surface area contributed by atoms with Crippen LogP contribution in [-0.2, 0) is 0 Å². The van der Waals surface area contributed by atoms with E-state index in [1.54, 1.807) is 13.0 Å². The van der Waals surface area contributed by atoms with Crippen LogP contribution in [0.5, 0.6) is 10.9 Å². The lowest BCUT2D eigenvalue weighted by molar-refractivity contribution is 0.402. The standard InChI is InChI=1S/C10H8FNO2S/c1-5-4-6(11)2-3-7(5)9-12-8(13)10(14)15-9/h2-4,13-14H,1H3. The van der Waals surface area contributed by atoms with Crippen molar-refractivity contribution in [2.75, 3.05) is 0 Å². The molecule has 1 heterocycles. The number of halogens is 1. The van der Waals surface area contributed by atoms with E-state index in [0.29, 0.717) is 16.1 Å². The van der Waals surface area contributed by atoms with Crippen molar-refractivity contribution in [3.8, 4) is 21.5 Å².